The molecular weight excluding hydrogens is 849 g/mol. The van der Waals surface area contributed by atoms with Gasteiger partial charge in [-0.25, -0.2) is 0 Å². The maximum absolute atomic E-state index is 12.6. The zero-order chi connectivity index (χ0) is 47.3. The van der Waals surface area contributed by atoms with E-state index in [2.05, 4.69) is 143 Å². The van der Waals surface area contributed by atoms with Crippen molar-refractivity contribution in [2.24, 2.45) is 0 Å². The van der Waals surface area contributed by atoms with Crippen molar-refractivity contribution in [3.05, 3.63) is 142 Å². The molecule has 0 unspecified atom stereocenters. The standard InChI is InChI=1S/C60H66O4S2/c1-57(2,3)38-23-25-44-46(32-38)53(37-29-40(59(7,8)9)31-41(30-37)60(10,11)12)47-33-39(58(4,5)6)24-26-45(47)54(44)56-55(62)49(35-66-56)43-20-14-16-22-52(43)64-28-18-17-27-63-51-21-15-13-19-42(51)48-34-65-36-50(48)61/h13-16,19-26,29-36,61-62H,17-18,27-28H2,1-12H3. The fourth-order valence-electron chi connectivity index (χ4n) is 8.77. The number of ether oxygens (including phenoxy) is 2. The molecule has 0 saturated heterocycles. The zero-order valence-electron chi connectivity index (χ0n) is 40.9. The van der Waals surface area contributed by atoms with E-state index in [0.717, 1.165) is 67.8 Å². The minimum Gasteiger partial charge on any atom is -0.506 e. The molecule has 0 atom stereocenters. The third kappa shape index (κ3) is 9.50. The number of aromatic hydroxyl groups is 2. The van der Waals surface area contributed by atoms with Crippen LogP contribution in [-0.4, -0.2) is 23.4 Å². The molecule has 0 fully saturated rings. The van der Waals surface area contributed by atoms with Gasteiger partial charge in [0, 0.05) is 44.0 Å². The Labute approximate surface area is 400 Å². The zero-order valence-corrected chi connectivity index (χ0v) is 42.5. The van der Waals surface area contributed by atoms with E-state index in [0.29, 0.717) is 13.2 Å². The van der Waals surface area contributed by atoms with Crippen LogP contribution in [0.1, 0.15) is 118 Å². The molecule has 8 aromatic rings. The molecule has 6 aromatic carbocycles. The van der Waals surface area contributed by atoms with Gasteiger partial charge in [0.15, 0.2) is 0 Å². The molecule has 66 heavy (non-hydrogen) atoms. The lowest BCUT2D eigenvalue weighted by molar-refractivity contribution is 0.267. The third-order valence-corrected chi connectivity index (χ3v) is 14.6. The predicted molar refractivity (Wildman–Crippen MR) is 284 cm³/mol. The summed E-state index contributed by atoms with van der Waals surface area (Å²) in [5.74, 6) is 2.02. The molecule has 6 heteroatoms. The highest BCUT2D eigenvalue weighted by Gasteiger charge is 2.28. The minimum atomic E-state index is -0.0763. The van der Waals surface area contributed by atoms with E-state index in [4.69, 9.17) is 9.47 Å². The van der Waals surface area contributed by atoms with Gasteiger partial charge in [-0.1, -0.05) is 162 Å². The maximum atomic E-state index is 12.6. The molecule has 2 aromatic heterocycles. The number of benzene rings is 6. The Morgan fingerprint density at radius 3 is 1.36 bits per heavy atom. The molecular formula is C60H66O4S2. The monoisotopic (exact) mass is 914 g/mol. The van der Waals surface area contributed by atoms with E-state index in [1.165, 1.54) is 55.5 Å². The van der Waals surface area contributed by atoms with Crippen LogP contribution in [0.2, 0.25) is 0 Å². The van der Waals surface area contributed by atoms with Crippen molar-refractivity contribution >= 4 is 44.2 Å². The lowest BCUT2D eigenvalue weighted by atomic mass is 9.76. The van der Waals surface area contributed by atoms with Crippen molar-refractivity contribution in [1.82, 2.24) is 0 Å². The van der Waals surface area contributed by atoms with Gasteiger partial charge in [-0.2, -0.15) is 0 Å². The number of unbranched alkanes of at least 4 members (excludes halogenated alkanes) is 1. The van der Waals surface area contributed by atoms with Crippen LogP contribution < -0.4 is 9.47 Å². The Morgan fingerprint density at radius 1 is 0.439 bits per heavy atom. The Bertz CT molecular complexity index is 2940. The number of rotatable bonds is 11. The summed E-state index contributed by atoms with van der Waals surface area (Å²) in [5.41, 5.74) is 11.7. The molecule has 0 bridgehead atoms. The van der Waals surface area contributed by atoms with Gasteiger partial charge in [0.05, 0.1) is 18.1 Å². The van der Waals surface area contributed by atoms with Crippen LogP contribution in [0.5, 0.6) is 23.0 Å². The first-order valence-electron chi connectivity index (χ1n) is 23.3. The summed E-state index contributed by atoms with van der Waals surface area (Å²) in [4.78, 5) is 0.848. The average molecular weight is 915 g/mol. The van der Waals surface area contributed by atoms with Gasteiger partial charge >= 0.3 is 0 Å². The van der Waals surface area contributed by atoms with Gasteiger partial charge in [-0.3, -0.25) is 0 Å². The Balaban J connectivity index is 1.20. The van der Waals surface area contributed by atoms with Gasteiger partial charge in [0.2, 0.25) is 0 Å². The molecule has 342 valence electrons. The summed E-state index contributed by atoms with van der Waals surface area (Å²) in [5, 5.41) is 33.3. The number of thiophene rings is 2. The normalized spacial score (nSPS) is 12.6. The lowest BCUT2D eigenvalue weighted by Crippen LogP contribution is -2.16. The quantitative estimate of drug-likeness (QED) is 0.100. The largest absolute Gasteiger partial charge is 0.506 e. The van der Waals surface area contributed by atoms with Crippen LogP contribution in [0.25, 0.3) is 65.4 Å². The number of para-hydroxylation sites is 2. The maximum Gasteiger partial charge on any atom is 0.142 e. The van der Waals surface area contributed by atoms with Crippen molar-refractivity contribution in [1.29, 1.82) is 0 Å². The van der Waals surface area contributed by atoms with Gasteiger partial charge in [0.1, 0.15) is 23.0 Å². The molecule has 2 heterocycles. The molecule has 0 amide bonds. The molecule has 2 N–H and O–H groups in total. The Morgan fingerprint density at radius 2 is 0.909 bits per heavy atom. The van der Waals surface area contributed by atoms with Crippen molar-refractivity contribution in [3.8, 4) is 66.8 Å². The van der Waals surface area contributed by atoms with E-state index in [1.54, 1.807) is 16.7 Å². The summed E-state index contributed by atoms with van der Waals surface area (Å²) in [7, 11) is 0. The highest BCUT2D eigenvalue weighted by atomic mass is 32.1. The van der Waals surface area contributed by atoms with Crippen LogP contribution in [-0.2, 0) is 21.7 Å². The van der Waals surface area contributed by atoms with Crippen LogP contribution >= 0.6 is 22.7 Å². The summed E-state index contributed by atoms with van der Waals surface area (Å²) >= 11 is 3.06. The van der Waals surface area contributed by atoms with Gasteiger partial charge in [-0.15, -0.1) is 22.7 Å². The molecule has 0 saturated carbocycles. The minimum absolute atomic E-state index is 0.0499. The smallest absolute Gasteiger partial charge is 0.142 e. The highest BCUT2D eigenvalue weighted by Crippen LogP contribution is 2.53. The first-order valence-corrected chi connectivity index (χ1v) is 25.1. The highest BCUT2D eigenvalue weighted by molar-refractivity contribution is 7.14. The number of fused-ring (bicyclic) bond motifs is 2. The molecule has 0 aliphatic heterocycles. The first-order chi connectivity index (χ1) is 31.1. The molecule has 0 aliphatic carbocycles. The van der Waals surface area contributed by atoms with Crippen molar-refractivity contribution in [3.63, 3.8) is 0 Å². The van der Waals surface area contributed by atoms with E-state index in [1.807, 2.05) is 53.9 Å². The second-order valence-corrected chi connectivity index (χ2v) is 23.6. The van der Waals surface area contributed by atoms with Crippen LogP contribution in [0.4, 0.5) is 0 Å². The number of hydrogen-bond donors (Lipinski definition) is 2. The summed E-state index contributed by atoms with van der Waals surface area (Å²) in [6.45, 7) is 28.6. The van der Waals surface area contributed by atoms with Crippen molar-refractivity contribution in [2.75, 3.05) is 13.2 Å². The molecule has 8 rings (SSSR count). The molecule has 0 aliphatic rings. The molecule has 4 nitrogen and oxygen atoms in total. The van der Waals surface area contributed by atoms with E-state index in [9.17, 15) is 10.2 Å². The van der Waals surface area contributed by atoms with Crippen LogP contribution in [0, 0.1) is 0 Å². The van der Waals surface area contributed by atoms with Crippen LogP contribution in [0.3, 0.4) is 0 Å². The van der Waals surface area contributed by atoms with Gasteiger partial charge < -0.3 is 19.7 Å². The fraction of sp³-hybridized carbons (Fsp3) is 0.333. The molecule has 0 spiro atoms. The van der Waals surface area contributed by atoms with Crippen molar-refractivity contribution in [2.45, 2.75) is 118 Å². The second kappa shape index (κ2) is 17.9. The van der Waals surface area contributed by atoms with Gasteiger partial charge in [-0.05, 0) is 114 Å². The lowest BCUT2D eigenvalue weighted by Gasteiger charge is -2.28. The Hall–Kier alpha value is -5.56. The molecule has 0 radical (unpaired) electrons. The van der Waals surface area contributed by atoms with Crippen LogP contribution in [0.15, 0.2) is 119 Å². The third-order valence-electron chi connectivity index (χ3n) is 12.8. The Kier molecular flexibility index (Phi) is 12.7. The topological polar surface area (TPSA) is 58.9 Å². The fourth-order valence-corrected chi connectivity index (χ4v) is 10.5. The predicted octanol–water partition coefficient (Wildman–Crippen LogP) is 17.6. The average Bonchev–Trinajstić information content (AvgIpc) is 3.86. The van der Waals surface area contributed by atoms with Crippen molar-refractivity contribution < 1.29 is 19.7 Å². The summed E-state index contributed by atoms with van der Waals surface area (Å²) in [6, 6.07) is 37.1. The van der Waals surface area contributed by atoms with E-state index in [-0.39, 0.29) is 33.2 Å². The van der Waals surface area contributed by atoms with Gasteiger partial charge in [0.25, 0.3) is 0 Å². The van der Waals surface area contributed by atoms with E-state index >= 15 is 0 Å². The summed E-state index contributed by atoms with van der Waals surface area (Å²) < 4.78 is 12.7. The van der Waals surface area contributed by atoms with E-state index < -0.39 is 0 Å². The second-order valence-electron chi connectivity index (χ2n) is 22.0. The SMILES string of the molecule is CC(C)(C)c1cc(-c2c3cc(C(C)(C)C)ccc3c(-c3scc(-c4ccccc4OCCCCOc4ccccc4-c4cscc4O)c3O)c3ccc(C(C)(C)C)cc23)cc(C(C)(C)C)c1. The summed E-state index contributed by atoms with van der Waals surface area (Å²) in [6.07, 6.45) is 1.58. The first kappa shape index (κ1) is 47.0. The number of hydrogen-bond acceptors (Lipinski definition) is 6.